The van der Waals surface area contributed by atoms with Crippen LogP contribution in [-0.2, 0) is 4.74 Å². The SMILES string of the molecule is CCOC(=O)c1c(C)[nH]c(C(=O)Nc2cccc(OC(F)(F)F)c2)c1C. The number of esters is 1. The second kappa shape index (κ2) is 7.51. The van der Waals surface area contributed by atoms with Gasteiger partial charge >= 0.3 is 12.3 Å². The second-order valence-corrected chi connectivity index (χ2v) is 5.38. The van der Waals surface area contributed by atoms with E-state index in [0.717, 1.165) is 12.1 Å². The fourth-order valence-corrected chi connectivity index (χ4v) is 2.45. The van der Waals surface area contributed by atoms with Crippen molar-refractivity contribution in [1.29, 1.82) is 0 Å². The molecule has 0 fully saturated rings. The zero-order valence-corrected chi connectivity index (χ0v) is 14.3. The van der Waals surface area contributed by atoms with Gasteiger partial charge in [0.2, 0.25) is 0 Å². The molecule has 1 heterocycles. The van der Waals surface area contributed by atoms with Crippen LogP contribution < -0.4 is 10.1 Å². The first kappa shape index (κ1) is 19.4. The number of hydrogen-bond acceptors (Lipinski definition) is 4. The van der Waals surface area contributed by atoms with Crippen molar-refractivity contribution in [2.24, 2.45) is 0 Å². The van der Waals surface area contributed by atoms with Crippen molar-refractivity contribution >= 4 is 17.6 Å². The van der Waals surface area contributed by atoms with E-state index in [4.69, 9.17) is 4.74 Å². The molecule has 0 aliphatic rings. The van der Waals surface area contributed by atoms with Gasteiger partial charge in [0, 0.05) is 17.4 Å². The predicted octanol–water partition coefficient (Wildman–Crippen LogP) is 3.96. The summed E-state index contributed by atoms with van der Waals surface area (Å²) in [5.74, 6) is -1.62. The average Bonchev–Trinajstić information content (AvgIpc) is 2.81. The van der Waals surface area contributed by atoms with Gasteiger partial charge < -0.3 is 19.8 Å². The number of alkyl halides is 3. The van der Waals surface area contributed by atoms with E-state index in [0.29, 0.717) is 11.3 Å². The Morgan fingerprint density at radius 2 is 1.92 bits per heavy atom. The van der Waals surface area contributed by atoms with Crippen LogP contribution in [0.5, 0.6) is 5.75 Å². The van der Waals surface area contributed by atoms with Gasteiger partial charge in [-0.1, -0.05) is 6.07 Å². The summed E-state index contributed by atoms with van der Waals surface area (Å²) in [6.45, 7) is 5.05. The zero-order valence-electron chi connectivity index (χ0n) is 14.3. The number of rotatable bonds is 5. The van der Waals surface area contributed by atoms with Crippen LogP contribution in [0.15, 0.2) is 24.3 Å². The first-order chi connectivity index (χ1) is 12.1. The summed E-state index contributed by atoms with van der Waals surface area (Å²) in [6, 6.07) is 4.89. The fraction of sp³-hybridized carbons (Fsp3) is 0.294. The third-order valence-corrected chi connectivity index (χ3v) is 3.47. The number of nitrogens with one attached hydrogen (secondary N) is 2. The molecule has 0 spiro atoms. The molecule has 9 heteroatoms. The Balaban J connectivity index is 2.22. The van der Waals surface area contributed by atoms with Gasteiger partial charge in [0.05, 0.1) is 12.2 Å². The number of halogens is 3. The molecule has 140 valence electrons. The smallest absolute Gasteiger partial charge is 0.462 e. The van der Waals surface area contributed by atoms with Crippen LogP contribution in [0.3, 0.4) is 0 Å². The van der Waals surface area contributed by atoms with Gasteiger partial charge in [-0.05, 0) is 38.5 Å². The molecule has 0 radical (unpaired) electrons. The lowest BCUT2D eigenvalue weighted by Gasteiger charge is -2.10. The van der Waals surface area contributed by atoms with Gasteiger partial charge in [0.15, 0.2) is 0 Å². The Morgan fingerprint density at radius 3 is 2.54 bits per heavy atom. The number of carbonyl (C=O) groups excluding carboxylic acids is 2. The summed E-state index contributed by atoms with van der Waals surface area (Å²) < 4.78 is 45.6. The number of aromatic amines is 1. The highest BCUT2D eigenvalue weighted by atomic mass is 19.4. The number of amides is 1. The van der Waals surface area contributed by atoms with Crippen LogP contribution in [0.2, 0.25) is 0 Å². The van der Waals surface area contributed by atoms with E-state index in [-0.39, 0.29) is 23.6 Å². The molecular formula is C17H17F3N2O4. The topological polar surface area (TPSA) is 80.4 Å². The van der Waals surface area contributed by atoms with Gasteiger partial charge in [0.1, 0.15) is 11.4 Å². The highest BCUT2D eigenvalue weighted by molar-refractivity contribution is 6.06. The lowest BCUT2D eigenvalue weighted by Crippen LogP contribution is -2.18. The van der Waals surface area contributed by atoms with Crippen molar-refractivity contribution in [3.8, 4) is 5.75 Å². The molecule has 2 aromatic rings. The van der Waals surface area contributed by atoms with Crippen molar-refractivity contribution in [2.75, 3.05) is 11.9 Å². The largest absolute Gasteiger partial charge is 0.573 e. The van der Waals surface area contributed by atoms with E-state index in [1.807, 2.05) is 0 Å². The van der Waals surface area contributed by atoms with E-state index < -0.39 is 24.0 Å². The summed E-state index contributed by atoms with van der Waals surface area (Å²) in [5.41, 5.74) is 1.33. The van der Waals surface area contributed by atoms with Crippen LogP contribution in [0.25, 0.3) is 0 Å². The van der Waals surface area contributed by atoms with Gasteiger partial charge in [-0.25, -0.2) is 4.79 Å². The Kier molecular flexibility index (Phi) is 5.59. The van der Waals surface area contributed by atoms with Crippen LogP contribution in [0.4, 0.5) is 18.9 Å². The molecule has 26 heavy (non-hydrogen) atoms. The van der Waals surface area contributed by atoms with Crippen LogP contribution in [-0.4, -0.2) is 29.8 Å². The quantitative estimate of drug-likeness (QED) is 0.781. The molecule has 0 unspecified atom stereocenters. The lowest BCUT2D eigenvalue weighted by molar-refractivity contribution is -0.274. The predicted molar refractivity (Wildman–Crippen MR) is 87.3 cm³/mol. The first-order valence-electron chi connectivity index (χ1n) is 7.65. The standard InChI is InChI=1S/C17H17F3N2O4/c1-4-25-16(24)13-9(2)14(21-10(13)3)15(23)22-11-6-5-7-12(8-11)26-17(18,19)20/h5-8,21H,4H2,1-3H3,(H,22,23). The van der Waals surface area contributed by atoms with Gasteiger partial charge in [-0.2, -0.15) is 0 Å². The lowest BCUT2D eigenvalue weighted by atomic mass is 10.1. The van der Waals surface area contributed by atoms with Crippen molar-refractivity contribution < 1.29 is 32.2 Å². The van der Waals surface area contributed by atoms with Gasteiger partial charge in [-0.3, -0.25) is 4.79 Å². The van der Waals surface area contributed by atoms with Gasteiger partial charge in [-0.15, -0.1) is 13.2 Å². The molecule has 1 amide bonds. The minimum absolute atomic E-state index is 0.112. The summed E-state index contributed by atoms with van der Waals surface area (Å²) in [4.78, 5) is 27.2. The number of benzene rings is 1. The number of aromatic nitrogens is 1. The molecule has 2 N–H and O–H groups in total. The van der Waals surface area contributed by atoms with Gasteiger partial charge in [0.25, 0.3) is 5.91 Å². The Morgan fingerprint density at radius 1 is 1.23 bits per heavy atom. The zero-order chi connectivity index (χ0) is 19.5. The number of hydrogen-bond donors (Lipinski definition) is 2. The van der Waals surface area contributed by atoms with E-state index in [1.54, 1.807) is 20.8 Å². The molecule has 0 aliphatic heterocycles. The molecule has 2 rings (SSSR count). The highest BCUT2D eigenvalue weighted by Gasteiger charge is 2.31. The summed E-state index contributed by atoms with van der Waals surface area (Å²) >= 11 is 0. The molecule has 6 nitrogen and oxygen atoms in total. The molecule has 1 aromatic carbocycles. The first-order valence-corrected chi connectivity index (χ1v) is 7.65. The van der Waals surface area contributed by atoms with E-state index in [2.05, 4.69) is 15.0 Å². The number of anilines is 1. The minimum atomic E-state index is -4.83. The number of H-pyrrole nitrogens is 1. The number of carbonyl (C=O) groups is 2. The van der Waals surface area contributed by atoms with E-state index in [1.165, 1.54) is 12.1 Å². The third kappa shape index (κ3) is 4.56. The Hall–Kier alpha value is -2.97. The second-order valence-electron chi connectivity index (χ2n) is 5.38. The summed E-state index contributed by atoms with van der Waals surface area (Å²) in [7, 11) is 0. The maximum absolute atomic E-state index is 12.4. The van der Waals surface area contributed by atoms with Crippen LogP contribution >= 0.6 is 0 Å². The minimum Gasteiger partial charge on any atom is -0.462 e. The monoisotopic (exact) mass is 370 g/mol. The van der Waals surface area contributed by atoms with E-state index >= 15 is 0 Å². The molecule has 0 aliphatic carbocycles. The maximum atomic E-state index is 12.4. The van der Waals surface area contributed by atoms with Crippen LogP contribution in [0.1, 0.15) is 39.0 Å². The summed E-state index contributed by atoms with van der Waals surface area (Å²) in [5, 5.41) is 2.47. The van der Waals surface area contributed by atoms with Crippen molar-refractivity contribution in [3.63, 3.8) is 0 Å². The average molecular weight is 370 g/mol. The molecular weight excluding hydrogens is 353 g/mol. The maximum Gasteiger partial charge on any atom is 0.573 e. The summed E-state index contributed by atoms with van der Waals surface area (Å²) in [6.07, 6.45) is -4.83. The number of ether oxygens (including phenoxy) is 2. The fourth-order valence-electron chi connectivity index (χ4n) is 2.45. The molecule has 0 atom stereocenters. The van der Waals surface area contributed by atoms with Crippen LogP contribution in [0, 0.1) is 13.8 Å². The molecule has 0 saturated carbocycles. The van der Waals surface area contributed by atoms with Crippen molar-refractivity contribution in [2.45, 2.75) is 27.1 Å². The molecule has 1 aromatic heterocycles. The van der Waals surface area contributed by atoms with Crippen molar-refractivity contribution in [1.82, 2.24) is 4.98 Å². The Labute approximate surface area is 147 Å². The highest BCUT2D eigenvalue weighted by Crippen LogP contribution is 2.26. The molecule has 0 bridgehead atoms. The third-order valence-electron chi connectivity index (χ3n) is 3.47. The van der Waals surface area contributed by atoms with E-state index in [9.17, 15) is 22.8 Å². The number of aryl methyl sites for hydroxylation is 1. The normalized spacial score (nSPS) is 11.2. The Bertz CT molecular complexity index is 828. The molecule has 0 saturated heterocycles. The van der Waals surface area contributed by atoms with Crippen molar-refractivity contribution in [3.05, 3.63) is 46.8 Å².